The van der Waals surface area contributed by atoms with Gasteiger partial charge in [-0.3, -0.25) is 4.79 Å². The zero-order valence-electron chi connectivity index (χ0n) is 17.1. The minimum Gasteiger partial charge on any atom is -0.372 e. The van der Waals surface area contributed by atoms with Gasteiger partial charge in [0.25, 0.3) is 0 Å². The number of Topliss-reactive ketones (excluding diaryl/α,β-unsaturated/α-hetero) is 1. The summed E-state index contributed by atoms with van der Waals surface area (Å²) in [5.41, 5.74) is 0.774. The van der Waals surface area contributed by atoms with Gasteiger partial charge in [-0.2, -0.15) is 0 Å². The summed E-state index contributed by atoms with van der Waals surface area (Å²) in [7, 11) is 0. The third-order valence-electron chi connectivity index (χ3n) is 8.89. The predicted octanol–water partition coefficient (Wildman–Crippen LogP) is 5.78. The van der Waals surface area contributed by atoms with Crippen LogP contribution in [0.3, 0.4) is 0 Å². The van der Waals surface area contributed by atoms with E-state index in [-0.39, 0.29) is 5.60 Å². The molecule has 4 aliphatic carbocycles. The molecule has 0 heterocycles. The van der Waals surface area contributed by atoms with Crippen LogP contribution < -0.4 is 0 Å². The van der Waals surface area contributed by atoms with E-state index in [0.717, 1.165) is 37.0 Å². The smallest absolute Gasteiger partial charge is 0.133 e. The van der Waals surface area contributed by atoms with Gasteiger partial charge in [0.15, 0.2) is 0 Å². The second-order valence-electron chi connectivity index (χ2n) is 11.2. The Hall–Kier alpha value is -0.370. The van der Waals surface area contributed by atoms with Gasteiger partial charge in [-0.1, -0.05) is 13.8 Å². The molecular weight excluding hydrogens is 308 g/mol. The van der Waals surface area contributed by atoms with Crippen molar-refractivity contribution in [3.05, 3.63) is 0 Å². The van der Waals surface area contributed by atoms with E-state index in [4.69, 9.17) is 4.74 Å². The number of carbonyl (C=O) groups is 1. The molecule has 4 aliphatic rings. The molecule has 0 aliphatic heterocycles. The molecule has 2 nitrogen and oxygen atoms in total. The number of carbonyl (C=O) groups excluding carboxylic acids is 1. The van der Waals surface area contributed by atoms with Gasteiger partial charge in [-0.25, -0.2) is 0 Å². The van der Waals surface area contributed by atoms with E-state index >= 15 is 0 Å². The number of hydrogen-bond donors (Lipinski definition) is 0. The molecule has 0 aromatic heterocycles. The molecule has 1 unspecified atom stereocenters. The first-order valence-electron chi connectivity index (χ1n) is 10.8. The maximum Gasteiger partial charge on any atom is 0.133 e. The SMILES string of the molecule is CC(C)(C)O[C@H]1CC[C@H]2[C@@H]3CCC4CC(=O)CC[C@]4(C)[C@H]3CC[C@]12C. The Morgan fingerprint density at radius 3 is 2.36 bits per heavy atom. The molecule has 0 radical (unpaired) electrons. The van der Waals surface area contributed by atoms with E-state index in [9.17, 15) is 4.79 Å². The normalized spacial score (nSPS) is 50.1. The van der Waals surface area contributed by atoms with Crippen molar-refractivity contribution in [3.63, 3.8) is 0 Å². The molecule has 0 N–H and O–H groups in total. The van der Waals surface area contributed by atoms with Gasteiger partial charge in [0, 0.05) is 12.8 Å². The van der Waals surface area contributed by atoms with Crippen LogP contribution in [0.15, 0.2) is 0 Å². The molecular formula is C23H38O2. The van der Waals surface area contributed by atoms with Crippen molar-refractivity contribution in [2.24, 2.45) is 34.5 Å². The lowest BCUT2D eigenvalue weighted by atomic mass is 9.45. The minimum absolute atomic E-state index is 0.0349. The molecule has 0 saturated heterocycles. The summed E-state index contributed by atoms with van der Waals surface area (Å²) in [6, 6.07) is 0. The monoisotopic (exact) mass is 346 g/mol. The van der Waals surface area contributed by atoms with Gasteiger partial charge in [-0.05, 0) is 100 Å². The quantitative estimate of drug-likeness (QED) is 0.601. The number of fused-ring (bicyclic) bond motifs is 5. The molecule has 4 saturated carbocycles. The first-order chi connectivity index (χ1) is 11.6. The van der Waals surface area contributed by atoms with Gasteiger partial charge in [0.1, 0.15) is 5.78 Å². The van der Waals surface area contributed by atoms with E-state index < -0.39 is 0 Å². The Balaban J connectivity index is 1.57. The maximum atomic E-state index is 12.0. The fourth-order valence-corrected chi connectivity index (χ4v) is 7.62. The molecule has 25 heavy (non-hydrogen) atoms. The summed E-state index contributed by atoms with van der Waals surface area (Å²) in [5, 5.41) is 0. The molecule has 4 fully saturated rings. The van der Waals surface area contributed by atoms with Crippen LogP contribution >= 0.6 is 0 Å². The zero-order valence-corrected chi connectivity index (χ0v) is 17.1. The zero-order chi connectivity index (χ0) is 18.0. The average Bonchev–Trinajstić information content (AvgIpc) is 2.83. The van der Waals surface area contributed by atoms with Crippen molar-refractivity contribution in [2.75, 3.05) is 0 Å². The number of ether oxygens (including phenoxy) is 1. The van der Waals surface area contributed by atoms with E-state index in [1.54, 1.807) is 0 Å². The van der Waals surface area contributed by atoms with Crippen LogP contribution in [0.4, 0.5) is 0 Å². The predicted molar refractivity (Wildman–Crippen MR) is 101 cm³/mol. The topological polar surface area (TPSA) is 26.3 Å². The van der Waals surface area contributed by atoms with Crippen molar-refractivity contribution in [1.82, 2.24) is 0 Å². The summed E-state index contributed by atoms with van der Waals surface area (Å²) < 4.78 is 6.55. The summed E-state index contributed by atoms with van der Waals surface area (Å²) >= 11 is 0. The largest absolute Gasteiger partial charge is 0.372 e. The summed E-state index contributed by atoms with van der Waals surface area (Å²) in [6.45, 7) is 11.7. The van der Waals surface area contributed by atoms with Crippen LogP contribution in [0, 0.1) is 34.5 Å². The molecule has 0 aromatic carbocycles. The van der Waals surface area contributed by atoms with E-state index in [2.05, 4.69) is 34.6 Å². The lowest BCUT2D eigenvalue weighted by Gasteiger charge is -2.60. The Labute approximate surface area is 154 Å². The second kappa shape index (κ2) is 5.81. The Morgan fingerprint density at radius 2 is 1.64 bits per heavy atom. The fourth-order valence-electron chi connectivity index (χ4n) is 7.62. The highest BCUT2D eigenvalue weighted by Crippen LogP contribution is 2.66. The van der Waals surface area contributed by atoms with Crippen molar-refractivity contribution in [2.45, 2.75) is 104 Å². The van der Waals surface area contributed by atoms with Crippen LogP contribution in [0.25, 0.3) is 0 Å². The van der Waals surface area contributed by atoms with Crippen molar-refractivity contribution in [1.29, 1.82) is 0 Å². The molecule has 4 rings (SSSR count). The molecule has 0 bridgehead atoms. The molecule has 0 spiro atoms. The van der Waals surface area contributed by atoms with Gasteiger partial charge in [0.05, 0.1) is 11.7 Å². The number of ketones is 1. The summed E-state index contributed by atoms with van der Waals surface area (Å²) in [5.74, 6) is 3.77. The molecule has 142 valence electrons. The summed E-state index contributed by atoms with van der Waals surface area (Å²) in [4.78, 5) is 12.0. The van der Waals surface area contributed by atoms with Crippen molar-refractivity contribution in [3.8, 4) is 0 Å². The Morgan fingerprint density at radius 1 is 0.920 bits per heavy atom. The lowest BCUT2D eigenvalue weighted by Crippen LogP contribution is -2.54. The van der Waals surface area contributed by atoms with Gasteiger partial charge in [-0.15, -0.1) is 0 Å². The maximum absolute atomic E-state index is 12.0. The molecule has 0 amide bonds. The highest BCUT2D eigenvalue weighted by molar-refractivity contribution is 5.79. The van der Waals surface area contributed by atoms with Crippen LogP contribution in [-0.2, 0) is 9.53 Å². The number of hydrogen-bond acceptors (Lipinski definition) is 2. The van der Waals surface area contributed by atoms with Crippen LogP contribution in [0.1, 0.15) is 92.4 Å². The van der Waals surface area contributed by atoms with Gasteiger partial charge < -0.3 is 4.74 Å². The van der Waals surface area contributed by atoms with E-state index in [1.165, 1.54) is 38.5 Å². The molecule has 0 aromatic rings. The first-order valence-corrected chi connectivity index (χ1v) is 10.8. The van der Waals surface area contributed by atoms with E-state index in [1.807, 2.05) is 0 Å². The highest BCUT2D eigenvalue weighted by Gasteiger charge is 2.60. The molecule has 7 atom stereocenters. The van der Waals surface area contributed by atoms with Crippen LogP contribution in [0.2, 0.25) is 0 Å². The first kappa shape index (κ1) is 18.0. The van der Waals surface area contributed by atoms with Crippen molar-refractivity contribution >= 4 is 5.78 Å². The van der Waals surface area contributed by atoms with Gasteiger partial charge in [0.2, 0.25) is 0 Å². The third kappa shape index (κ3) is 2.82. The van der Waals surface area contributed by atoms with Crippen molar-refractivity contribution < 1.29 is 9.53 Å². The lowest BCUT2D eigenvalue weighted by molar-refractivity contribution is -0.159. The highest BCUT2D eigenvalue weighted by atomic mass is 16.5. The third-order valence-corrected chi connectivity index (χ3v) is 8.89. The Kier molecular flexibility index (Phi) is 4.19. The van der Waals surface area contributed by atoms with Gasteiger partial charge >= 0.3 is 0 Å². The standard InChI is InChI=1S/C23H38O2/c1-21(2,3)25-20-9-8-18-17-7-6-15-14-16(24)10-12-22(15,4)19(17)11-13-23(18,20)5/h15,17-20H,6-14H2,1-5H3/t15?,17-,18-,19-,20-,22-,23-/m0/s1. The minimum atomic E-state index is -0.0349. The summed E-state index contributed by atoms with van der Waals surface area (Å²) in [6.07, 6.45) is 11.3. The fraction of sp³-hybridized carbons (Fsp3) is 0.957. The molecule has 2 heteroatoms. The number of rotatable bonds is 1. The van der Waals surface area contributed by atoms with Crippen LogP contribution in [-0.4, -0.2) is 17.5 Å². The Bertz CT molecular complexity index is 547. The second-order valence-corrected chi connectivity index (χ2v) is 11.2. The average molecular weight is 347 g/mol. The van der Waals surface area contributed by atoms with E-state index in [0.29, 0.717) is 28.6 Å². The van der Waals surface area contributed by atoms with Crippen LogP contribution in [0.5, 0.6) is 0 Å².